The van der Waals surface area contributed by atoms with Crippen LogP contribution < -0.4 is 4.74 Å². The Morgan fingerprint density at radius 3 is 2.62 bits per heavy atom. The number of halogens is 1. The van der Waals surface area contributed by atoms with Gasteiger partial charge in [0.05, 0.1) is 18.6 Å². The molecule has 1 aromatic carbocycles. The molecule has 0 fully saturated rings. The number of carbonyl (C=O) groups excluding carboxylic acids is 1. The largest absolute Gasteiger partial charge is 0.487 e. The van der Waals surface area contributed by atoms with Gasteiger partial charge in [0.15, 0.2) is 0 Å². The molecule has 0 amide bonds. The maximum atomic E-state index is 11.7. The van der Waals surface area contributed by atoms with Gasteiger partial charge < -0.3 is 9.47 Å². The number of carbonyl (C=O) groups is 1. The molecule has 6 heteroatoms. The van der Waals surface area contributed by atoms with Gasteiger partial charge in [-0.15, -0.1) is 0 Å². The average Bonchev–Trinajstić information content (AvgIpc) is 2.88. The van der Waals surface area contributed by atoms with Gasteiger partial charge in [0.1, 0.15) is 22.7 Å². The summed E-state index contributed by atoms with van der Waals surface area (Å²) >= 11 is 3.53. The Morgan fingerprint density at radius 1 is 1.29 bits per heavy atom. The maximum Gasteiger partial charge on any atom is 0.310 e. The average molecular weight is 395 g/mol. The predicted molar refractivity (Wildman–Crippen MR) is 96.0 cm³/mol. The van der Waals surface area contributed by atoms with Gasteiger partial charge in [-0.3, -0.25) is 9.48 Å². The van der Waals surface area contributed by atoms with Crippen molar-refractivity contribution in [3.63, 3.8) is 0 Å². The van der Waals surface area contributed by atoms with Crippen LogP contribution in [-0.2, 0) is 28.1 Å². The van der Waals surface area contributed by atoms with Crippen LogP contribution in [0.1, 0.15) is 39.0 Å². The fraction of sp³-hybridized carbons (Fsp3) is 0.444. The molecule has 0 radical (unpaired) electrons. The second-order valence-corrected chi connectivity index (χ2v) is 7.23. The summed E-state index contributed by atoms with van der Waals surface area (Å²) in [5.41, 5.74) is 1.52. The summed E-state index contributed by atoms with van der Waals surface area (Å²) in [5.74, 6) is 0.417. The molecule has 2 rings (SSSR count). The number of hydrogen-bond acceptors (Lipinski definition) is 4. The Labute approximate surface area is 151 Å². The topological polar surface area (TPSA) is 53.4 Å². The molecule has 1 heterocycles. The third-order valence-electron chi connectivity index (χ3n) is 3.34. The third kappa shape index (κ3) is 4.84. The number of nitrogens with zero attached hydrogens (tertiary/aromatic N) is 2. The number of para-hydroxylation sites is 1. The van der Waals surface area contributed by atoms with Gasteiger partial charge in [0.25, 0.3) is 0 Å². The highest BCUT2D eigenvalue weighted by Crippen LogP contribution is 2.24. The number of benzene rings is 1. The standard InChI is InChI=1S/C18H23BrN2O3/c1-5-23-17(22)10-13-8-6-7-9-15(13)24-12-14-11-16(19)21(20-14)18(2,3)4/h6-9,11H,5,10,12H2,1-4H3. The first-order chi connectivity index (χ1) is 11.3. The molecular weight excluding hydrogens is 372 g/mol. The van der Waals surface area contributed by atoms with E-state index < -0.39 is 0 Å². The van der Waals surface area contributed by atoms with Crippen LogP contribution in [0.4, 0.5) is 0 Å². The molecule has 0 aliphatic rings. The van der Waals surface area contributed by atoms with Gasteiger partial charge in [-0.25, -0.2) is 0 Å². The molecule has 0 bridgehead atoms. The lowest BCUT2D eigenvalue weighted by Crippen LogP contribution is -2.23. The normalized spacial score (nSPS) is 11.4. The molecule has 0 spiro atoms. The Hall–Kier alpha value is -1.82. The zero-order valence-corrected chi connectivity index (χ0v) is 16.1. The summed E-state index contributed by atoms with van der Waals surface area (Å²) in [6.07, 6.45) is 0.199. The summed E-state index contributed by atoms with van der Waals surface area (Å²) in [7, 11) is 0. The van der Waals surface area contributed by atoms with Crippen molar-refractivity contribution in [3.05, 3.63) is 46.2 Å². The van der Waals surface area contributed by atoms with Crippen LogP contribution in [0.2, 0.25) is 0 Å². The molecule has 0 N–H and O–H groups in total. The second-order valence-electron chi connectivity index (χ2n) is 6.42. The van der Waals surface area contributed by atoms with Crippen LogP contribution in [0.3, 0.4) is 0 Å². The monoisotopic (exact) mass is 394 g/mol. The zero-order valence-electron chi connectivity index (χ0n) is 14.5. The van der Waals surface area contributed by atoms with Gasteiger partial charge in [0.2, 0.25) is 0 Å². The highest BCUT2D eigenvalue weighted by atomic mass is 79.9. The molecule has 1 aromatic heterocycles. The molecule has 0 aliphatic carbocycles. The summed E-state index contributed by atoms with van der Waals surface area (Å²) in [4.78, 5) is 11.7. The van der Waals surface area contributed by atoms with Crippen LogP contribution in [0.15, 0.2) is 34.9 Å². The van der Waals surface area contributed by atoms with E-state index >= 15 is 0 Å². The molecule has 0 saturated heterocycles. The van der Waals surface area contributed by atoms with E-state index in [1.54, 1.807) is 6.92 Å². The minimum atomic E-state index is -0.256. The van der Waals surface area contributed by atoms with E-state index in [0.29, 0.717) is 19.0 Å². The molecule has 130 valence electrons. The van der Waals surface area contributed by atoms with Crippen molar-refractivity contribution >= 4 is 21.9 Å². The van der Waals surface area contributed by atoms with Crippen molar-refractivity contribution in [2.24, 2.45) is 0 Å². The van der Waals surface area contributed by atoms with Gasteiger partial charge in [0, 0.05) is 5.56 Å². The van der Waals surface area contributed by atoms with E-state index in [9.17, 15) is 4.79 Å². The van der Waals surface area contributed by atoms with Gasteiger partial charge in [-0.05, 0) is 55.8 Å². The minimum Gasteiger partial charge on any atom is -0.487 e. The lowest BCUT2D eigenvalue weighted by Gasteiger charge is -2.20. The number of hydrogen-bond donors (Lipinski definition) is 0. The lowest BCUT2D eigenvalue weighted by atomic mass is 10.1. The number of esters is 1. The van der Waals surface area contributed by atoms with Crippen LogP contribution in [-0.4, -0.2) is 22.4 Å². The lowest BCUT2D eigenvalue weighted by molar-refractivity contribution is -0.142. The Kier molecular flexibility index (Phi) is 6.04. The van der Waals surface area contributed by atoms with Crippen LogP contribution in [0.5, 0.6) is 5.75 Å². The van der Waals surface area contributed by atoms with Crippen molar-refractivity contribution in [2.45, 2.75) is 46.3 Å². The fourth-order valence-corrected chi connectivity index (χ4v) is 3.13. The van der Waals surface area contributed by atoms with Crippen LogP contribution >= 0.6 is 15.9 Å². The van der Waals surface area contributed by atoms with E-state index in [2.05, 4.69) is 41.8 Å². The van der Waals surface area contributed by atoms with Crippen molar-refractivity contribution in [1.29, 1.82) is 0 Å². The van der Waals surface area contributed by atoms with Crippen molar-refractivity contribution in [3.8, 4) is 5.75 Å². The quantitative estimate of drug-likeness (QED) is 0.692. The highest BCUT2D eigenvalue weighted by Gasteiger charge is 2.18. The fourth-order valence-electron chi connectivity index (χ4n) is 2.25. The summed E-state index contributed by atoms with van der Waals surface area (Å²) < 4.78 is 13.7. The van der Waals surface area contributed by atoms with Crippen molar-refractivity contribution < 1.29 is 14.3 Å². The molecule has 5 nitrogen and oxygen atoms in total. The number of aromatic nitrogens is 2. The molecule has 24 heavy (non-hydrogen) atoms. The maximum absolute atomic E-state index is 11.7. The van der Waals surface area contributed by atoms with Gasteiger partial charge in [-0.2, -0.15) is 5.10 Å². The van der Waals surface area contributed by atoms with E-state index in [1.807, 2.05) is 35.0 Å². The minimum absolute atomic E-state index is 0.112. The summed E-state index contributed by atoms with van der Waals surface area (Å²) in [5, 5.41) is 4.57. The smallest absolute Gasteiger partial charge is 0.310 e. The molecule has 0 saturated carbocycles. The van der Waals surface area contributed by atoms with Crippen molar-refractivity contribution in [1.82, 2.24) is 9.78 Å². The van der Waals surface area contributed by atoms with Crippen molar-refractivity contribution in [2.75, 3.05) is 6.61 Å². The molecule has 0 atom stereocenters. The summed E-state index contributed by atoms with van der Waals surface area (Å²) in [6, 6.07) is 9.43. The SMILES string of the molecule is CCOC(=O)Cc1ccccc1OCc1cc(Br)n(C(C)(C)C)n1. The molecule has 0 aliphatic heterocycles. The van der Waals surface area contributed by atoms with Gasteiger partial charge in [-0.1, -0.05) is 18.2 Å². The van der Waals surface area contributed by atoms with E-state index in [0.717, 1.165) is 15.9 Å². The molecular formula is C18H23BrN2O3. The van der Waals surface area contributed by atoms with Gasteiger partial charge >= 0.3 is 5.97 Å². The van der Waals surface area contributed by atoms with Crippen LogP contribution in [0.25, 0.3) is 0 Å². The number of rotatable bonds is 6. The Bertz CT molecular complexity index is 705. The van der Waals surface area contributed by atoms with E-state index in [4.69, 9.17) is 9.47 Å². The first-order valence-electron chi connectivity index (χ1n) is 7.92. The van der Waals surface area contributed by atoms with Crippen LogP contribution in [0, 0.1) is 0 Å². The molecule has 0 unspecified atom stereocenters. The Balaban J connectivity index is 2.09. The van der Waals surface area contributed by atoms with E-state index in [-0.39, 0.29) is 17.9 Å². The number of ether oxygens (including phenoxy) is 2. The highest BCUT2D eigenvalue weighted by molar-refractivity contribution is 9.10. The second kappa shape index (κ2) is 7.83. The predicted octanol–water partition coefficient (Wildman–Crippen LogP) is 4.09. The third-order valence-corrected chi connectivity index (χ3v) is 3.91. The summed E-state index contributed by atoms with van der Waals surface area (Å²) in [6.45, 7) is 8.77. The Morgan fingerprint density at radius 2 is 2.00 bits per heavy atom. The first kappa shape index (κ1) is 18.5. The first-order valence-corrected chi connectivity index (χ1v) is 8.71. The van der Waals surface area contributed by atoms with E-state index in [1.165, 1.54) is 0 Å². The molecule has 2 aromatic rings. The zero-order chi connectivity index (χ0) is 17.7.